The predicted molar refractivity (Wildman–Crippen MR) is 127 cm³/mol. The van der Waals surface area contributed by atoms with Crippen LogP contribution >= 0.6 is 11.6 Å². The molecular weight excluding hydrogens is 408 g/mol. The van der Waals surface area contributed by atoms with E-state index in [4.69, 9.17) is 11.6 Å². The molecule has 3 heterocycles. The van der Waals surface area contributed by atoms with Gasteiger partial charge in [-0.2, -0.15) is 0 Å². The van der Waals surface area contributed by atoms with Gasteiger partial charge in [0.15, 0.2) is 0 Å². The average molecular weight is 435 g/mol. The van der Waals surface area contributed by atoms with E-state index in [2.05, 4.69) is 26.9 Å². The minimum atomic E-state index is 0.112. The van der Waals surface area contributed by atoms with E-state index in [1.165, 1.54) is 6.42 Å². The Kier molecular flexibility index (Phi) is 5.68. The van der Waals surface area contributed by atoms with Crippen LogP contribution in [0.4, 0.5) is 11.4 Å². The number of piperidine rings is 1. The number of fused-ring (bicyclic) bond motifs is 1. The molecule has 2 saturated heterocycles. The average Bonchev–Trinajstić information content (AvgIpc) is 2.84. The highest BCUT2D eigenvalue weighted by atomic mass is 35.5. The van der Waals surface area contributed by atoms with Crippen LogP contribution in [0, 0.1) is 0 Å². The minimum absolute atomic E-state index is 0.112. The van der Waals surface area contributed by atoms with Crippen LogP contribution in [-0.4, -0.2) is 55.1 Å². The van der Waals surface area contributed by atoms with Crippen molar-refractivity contribution in [2.45, 2.75) is 19.3 Å². The van der Waals surface area contributed by atoms with Gasteiger partial charge in [-0.3, -0.25) is 9.78 Å². The van der Waals surface area contributed by atoms with Crippen LogP contribution in [0.15, 0.2) is 54.7 Å². The number of para-hydroxylation sites is 2. The maximum atomic E-state index is 13.5. The van der Waals surface area contributed by atoms with E-state index in [-0.39, 0.29) is 5.91 Å². The molecule has 3 aromatic rings. The zero-order valence-electron chi connectivity index (χ0n) is 17.6. The first-order valence-electron chi connectivity index (χ1n) is 11.1. The van der Waals surface area contributed by atoms with E-state index in [0.717, 1.165) is 85.0 Å². The standard InChI is InChI=1S/C25H27ClN4O/c26-21-9-3-5-11-23(21)28-14-16-29(17-15-28)24-19-8-2-4-10-22(19)27-18-20(24)25(31)30-12-6-1-7-13-30/h2-5,8-11,18H,1,6-7,12-17H2. The zero-order valence-corrected chi connectivity index (χ0v) is 18.4. The van der Waals surface area contributed by atoms with Gasteiger partial charge in [0.1, 0.15) is 0 Å². The number of likely N-dealkylation sites (tertiary alicyclic amines) is 1. The molecule has 0 N–H and O–H groups in total. The van der Waals surface area contributed by atoms with Crippen molar-refractivity contribution in [3.05, 3.63) is 65.3 Å². The summed E-state index contributed by atoms with van der Waals surface area (Å²) < 4.78 is 0. The van der Waals surface area contributed by atoms with Crippen molar-refractivity contribution in [3.8, 4) is 0 Å². The minimum Gasteiger partial charge on any atom is -0.367 e. The SMILES string of the molecule is O=C(c1cnc2ccccc2c1N1CCN(c2ccccc2Cl)CC1)N1CCCCC1. The van der Waals surface area contributed by atoms with Crippen LogP contribution in [0.1, 0.15) is 29.6 Å². The molecule has 160 valence electrons. The number of anilines is 2. The summed E-state index contributed by atoms with van der Waals surface area (Å²) >= 11 is 6.43. The van der Waals surface area contributed by atoms with Gasteiger partial charge in [0.05, 0.1) is 27.5 Å². The Morgan fingerprint density at radius 3 is 2.26 bits per heavy atom. The van der Waals surface area contributed by atoms with Crippen molar-refractivity contribution < 1.29 is 4.79 Å². The van der Waals surface area contributed by atoms with Crippen LogP contribution in [0.25, 0.3) is 10.9 Å². The van der Waals surface area contributed by atoms with Gasteiger partial charge in [-0.25, -0.2) is 0 Å². The highest BCUT2D eigenvalue weighted by Crippen LogP contribution is 2.33. The predicted octanol–water partition coefficient (Wildman–Crippen LogP) is 4.84. The zero-order chi connectivity index (χ0) is 21.2. The number of amides is 1. The Morgan fingerprint density at radius 2 is 1.48 bits per heavy atom. The molecule has 2 aliphatic rings. The van der Waals surface area contributed by atoms with E-state index < -0.39 is 0 Å². The van der Waals surface area contributed by atoms with Crippen LogP contribution in [-0.2, 0) is 0 Å². The maximum absolute atomic E-state index is 13.5. The lowest BCUT2D eigenvalue weighted by Crippen LogP contribution is -2.47. The fraction of sp³-hybridized carbons (Fsp3) is 0.360. The topological polar surface area (TPSA) is 39.7 Å². The van der Waals surface area contributed by atoms with E-state index >= 15 is 0 Å². The molecule has 0 radical (unpaired) electrons. The second kappa shape index (κ2) is 8.75. The number of pyridine rings is 1. The first kappa shape index (κ1) is 20.1. The van der Waals surface area contributed by atoms with E-state index in [9.17, 15) is 4.79 Å². The summed E-state index contributed by atoms with van der Waals surface area (Å²) in [5.41, 5.74) is 3.76. The number of hydrogen-bond donors (Lipinski definition) is 0. The molecule has 0 bridgehead atoms. The third-order valence-corrected chi connectivity index (χ3v) is 6.73. The van der Waals surface area contributed by atoms with E-state index in [0.29, 0.717) is 0 Å². The highest BCUT2D eigenvalue weighted by Gasteiger charge is 2.27. The van der Waals surface area contributed by atoms with Crippen LogP contribution in [0.3, 0.4) is 0 Å². The highest BCUT2D eigenvalue weighted by molar-refractivity contribution is 6.33. The summed E-state index contributed by atoms with van der Waals surface area (Å²) in [5.74, 6) is 0.112. The molecule has 31 heavy (non-hydrogen) atoms. The van der Waals surface area contributed by atoms with Gasteiger partial charge in [-0.15, -0.1) is 0 Å². The number of carbonyl (C=O) groups excluding carboxylic acids is 1. The number of halogens is 1. The second-order valence-corrected chi connectivity index (χ2v) is 8.72. The Morgan fingerprint density at radius 1 is 0.806 bits per heavy atom. The number of benzene rings is 2. The first-order chi connectivity index (χ1) is 15.2. The molecule has 2 aromatic carbocycles. The van der Waals surface area contributed by atoms with Gasteiger partial charge in [-0.05, 0) is 37.5 Å². The smallest absolute Gasteiger partial charge is 0.257 e. The number of carbonyl (C=O) groups is 1. The Labute approximate surface area is 188 Å². The van der Waals surface area contributed by atoms with Gasteiger partial charge in [0.2, 0.25) is 0 Å². The summed E-state index contributed by atoms with van der Waals surface area (Å²) in [6.45, 7) is 5.06. The molecule has 1 aromatic heterocycles. The van der Waals surface area contributed by atoms with Crippen molar-refractivity contribution in [1.29, 1.82) is 0 Å². The fourth-order valence-corrected chi connectivity index (χ4v) is 5.03. The second-order valence-electron chi connectivity index (χ2n) is 8.32. The molecule has 0 atom stereocenters. The van der Waals surface area contributed by atoms with Crippen molar-refractivity contribution >= 4 is 39.8 Å². The number of piperazine rings is 1. The lowest BCUT2D eigenvalue weighted by Gasteiger charge is -2.39. The largest absolute Gasteiger partial charge is 0.367 e. The summed E-state index contributed by atoms with van der Waals surface area (Å²) in [4.78, 5) is 24.8. The molecule has 5 rings (SSSR count). The van der Waals surface area contributed by atoms with Crippen LogP contribution in [0.5, 0.6) is 0 Å². The lowest BCUT2D eigenvalue weighted by atomic mass is 10.0. The number of aromatic nitrogens is 1. The molecule has 2 aliphatic heterocycles. The van der Waals surface area contributed by atoms with Gasteiger partial charge in [0.25, 0.3) is 5.91 Å². The van der Waals surface area contributed by atoms with Gasteiger partial charge in [0, 0.05) is 50.9 Å². The molecule has 6 heteroatoms. The number of nitrogens with zero attached hydrogens (tertiary/aromatic N) is 4. The number of rotatable bonds is 3. The van der Waals surface area contributed by atoms with E-state index in [1.807, 2.05) is 41.3 Å². The van der Waals surface area contributed by atoms with Crippen LogP contribution in [0.2, 0.25) is 5.02 Å². The molecule has 5 nitrogen and oxygen atoms in total. The first-order valence-corrected chi connectivity index (χ1v) is 11.5. The maximum Gasteiger partial charge on any atom is 0.257 e. The molecule has 1 amide bonds. The molecule has 0 unspecified atom stereocenters. The normalized spacial score (nSPS) is 17.3. The Balaban J connectivity index is 1.47. The molecular formula is C25H27ClN4O. The third kappa shape index (κ3) is 3.94. The van der Waals surface area contributed by atoms with Crippen molar-refractivity contribution in [3.63, 3.8) is 0 Å². The van der Waals surface area contributed by atoms with Crippen molar-refractivity contribution in [2.75, 3.05) is 49.1 Å². The monoisotopic (exact) mass is 434 g/mol. The molecule has 0 saturated carbocycles. The third-order valence-electron chi connectivity index (χ3n) is 6.41. The van der Waals surface area contributed by atoms with Gasteiger partial charge < -0.3 is 14.7 Å². The molecule has 0 spiro atoms. The lowest BCUT2D eigenvalue weighted by molar-refractivity contribution is 0.0724. The summed E-state index contributed by atoms with van der Waals surface area (Å²) in [7, 11) is 0. The summed E-state index contributed by atoms with van der Waals surface area (Å²) in [6.07, 6.45) is 5.16. The van der Waals surface area contributed by atoms with Gasteiger partial charge in [-0.1, -0.05) is 41.9 Å². The quantitative estimate of drug-likeness (QED) is 0.591. The molecule has 0 aliphatic carbocycles. The van der Waals surface area contributed by atoms with Crippen molar-refractivity contribution in [2.24, 2.45) is 0 Å². The fourth-order valence-electron chi connectivity index (χ4n) is 4.77. The summed E-state index contributed by atoms with van der Waals surface area (Å²) in [6, 6.07) is 16.1. The Hall–Kier alpha value is -2.79. The molecule has 2 fully saturated rings. The Bertz CT molecular complexity index is 1090. The van der Waals surface area contributed by atoms with Gasteiger partial charge >= 0.3 is 0 Å². The summed E-state index contributed by atoms with van der Waals surface area (Å²) in [5, 5.41) is 1.84. The van der Waals surface area contributed by atoms with E-state index in [1.54, 1.807) is 6.20 Å². The number of hydrogen-bond acceptors (Lipinski definition) is 4. The van der Waals surface area contributed by atoms with Crippen molar-refractivity contribution in [1.82, 2.24) is 9.88 Å². The van der Waals surface area contributed by atoms with Crippen LogP contribution < -0.4 is 9.80 Å².